The zero-order valence-corrected chi connectivity index (χ0v) is 24.7. The number of nitrogens with zero attached hydrogens (tertiary/aromatic N) is 2. The second kappa shape index (κ2) is 11.4. The van der Waals surface area contributed by atoms with Crippen LogP contribution in [-0.4, -0.2) is 4.57 Å². The van der Waals surface area contributed by atoms with Crippen LogP contribution in [0.5, 0.6) is 0 Å². The van der Waals surface area contributed by atoms with Crippen LogP contribution in [0, 0.1) is 0 Å². The average Bonchev–Trinajstić information content (AvgIpc) is 3.44. The third kappa shape index (κ3) is 4.79. The normalized spacial score (nSPS) is 14.0. The molecule has 2 aliphatic carbocycles. The number of allylic oxidation sites excluding steroid dienone is 4. The van der Waals surface area contributed by atoms with Crippen molar-refractivity contribution in [2.45, 2.75) is 25.7 Å². The molecule has 0 fully saturated rings. The summed E-state index contributed by atoms with van der Waals surface area (Å²) in [7, 11) is 0. The molecule has 0 atom stereocenters. The fraction of sp³-hybridized carbons (Fsp3) is 0.0952. The van der Waals surface area contributed by atoms with Gasteiger partial charge in [-0.15, -0.1) is 0 Å². The van der Waals surface area contributed by atoms with E-state index in [2.05, 4.69) is 167 Å². The minimum Gasteiger partial charge on any atom is -0.311 e. The van der Waals surface area contributed by atoms with Gasteiger partial charge < -0.3 is 9.47 Å². The Balaban J connectivity index is 1.10. The van der Waals surface area contributed by atoms with Crippen molar-refractivity contribution < 1.29 is 0 Å². The molecular weight excluding hydrogens is 532 g/mol. The minimum atomic E-state index is 1.06. The monoisotopic (exact) mass is 566 g/mol. The van der Waals surface area contributed by atoms with E-state index in [0.29, 0.717) is 0 Å². The molecule has 6 aromatic rings. The Labute approximate surface area is 259 Å². The molecule has 0 unspecified atom stereocenters. The lowest BCUT2D eigenvalue weighted by Gasteiger charge is -2.28. The van der Waals surface area contributed by atoms with Gasteiger partial charge in [-0.3, -0.25) is 0 Å². The predicted octanol–water partition coefficient (Wildman–Crippen LogP) is 11.3. The maximum atomic E-state index is 2.42. The number of rotatable bonds is 6. The van der Waals surface area contributed by atoms with Gasteiger partial charge in [0.05, 0.1) is 5.52 Å². The molecule has 0 saturated carbocycles. The number of para-hydroxylation sites is 1. The number of anilines is 2. The summed E-state index contributed by atoms with van der Waals surface area (Å²) in [4.78, 5) is 2.37. The van der Waals surface area contributed by atoms with Crippen LogP contribution in [-0.2, 0) is 6.42 Å². The maximum absolute atomic E-state index is 2.42. The summed E-state index contributed by atoms with van der Waals surface area (Å²) in [6.07, 6.45) is 15.8. The topological polar surface area (TPSA) is 8.17 Å². The van der Waals surface area contributed by atoms with E-state index in [4.69, 9.17) is 0 Å². The Morgan fingerprint density at radius 3 is 1.75 bits per heavy atom. The van der Waals surface area contributed by atoms with Gasteiger partial charge in [0.25, 0.3) is 0 Å². The van der Waals surface area contributed by atoms with Crippen LogP contribution in [0.1, 0.15) is 30.5 Å². The highest BCUT2D eigenvalue weighted by Crippen LogP contribution is 2.37. The van der Waals surface area contributed by atoms with Gasteiger partial charge in [0.2, 0.25) is 0 Å². The SMILES string of the molecule is C1=CC(N(c2ccc(-c3ccccc3)cc2)c2ccc(-c3ccc(-n4c5c(c6ccccc64)CCC=C5)cc3)cc2)=CCC1. The maximum Gasteiger partial charge on any atom is 0.0537 e. The molecule has 0 amide bonds. The Morgan fingerprint density at radius 2 is 1.09 bits per heavy atom. The van der Waals surface area contributed by atoms with Gasteiger partial charge >= 0.3 is 0 Å². The molecule has 0 saturated heterocycles. The van der Waals surface area contributed by atoms with E-state index >= 15 is 0 Å². The number of aryl methyl sites for hydroxylation is 1. The van der Waals surface area contributed by atoms with Crippen LogP contribution in [0.4, 0.5) is 11.4 Å². The summed E-state index contributed by atoms with van der Waals surface area (Å²) in [5.74, 6) is 0. The lowest BCUT2D eigenvalue weighted by Crippen LogP contribution is -2.16. The van der Waals surface area contributed by atoms with Crippen molar-refractivity contribution in [2.75, 3.05) is 4.90 Å². The van der Waals surface area contributed by atoms with E-state index < -0.39 is 0 Å². The van der Waals surface area contributed by atoms with Gasteiger partial charge in [0.15, 0.2) is 0 Å². The van der Waals surface area contributed by atoms with Gasteiger partial charge in [-0.25, -0.2) is 0 Å². The van der Waals surface area contributed by atoms with Gasteiger partial charge in [-0.05, 0) is 108 Å². The minimum absolute atomic E-state index is 1.06. The van der Waals surface area contributed by atoms with Crippen molar-refractivity contribution in [2.24, 2.45) is 0 Å². The first kappa shape index (κ1) is 26.3. The zero-order chi connectivity index (χ0) is 29.3. The average molecular weight is 567 g/mol. The molecule has 44 heavy (non-hydrogen) atoms. The van der Waals surface area contributed by atoms with Crippen LogP contribution in [0.2, 0.25) is 0 Å². The van der Waals surface area contributed by atoms with E-state index in [0.717, 1.165) is 37.1 Å². The smallest absolute Gasteiger partial charge is 0.0537 e. The van der Waals surface area contributed by atoms with Crippen LogP contribution >= 0.6 is 0 Å². The van der Waals surface area contributed by atoms with Crippen LogP contribution in [0.15, 0.2) is 157 Å². The molecule has 2 heteroatoms. The molecule has 0 bridgehead atoms. The third-order valence-corrected chi connectivity index (χ3v) is 8.91. The van der Waals surface area contributed by atoms with E-state index in [1.54, 1.807) is 0 Å². The summed E-state index contributed by atoms with van der Waals surface area (Å²) in [6, 6.07) is 46.3. The second-order valence-corrected chi connectivity index (χ2v) is 11.6. The molecule has 2 aliphatic rings. The van der Waals surface area contributed by atoms with E-state index in [-0.39, 0.29) is 0 Å². The first-order chi connectivity index (χ1) is 21.8. The largest absolute Gasteiger partial charge is 0.311 e. The van der Waals surface area contributed by atoms with Crippen molar-refractivity contribution in [3.8, 4) is 27.9 Å². The molecular formula is C42H34N2. The third-order valence-electron chi connectivity index (χ3n) is 8.91. The molecule has 0 N–H and O–H groups in total. The van der Waals surface area contributed by atoms with Gasteiger partial charge in [-0.2, -0.15) is 0 Å². The quantitative estimate of drug-likeness (QED) is 0.195. The van der Waals surface area contributed by atoms with Crippen molar-refractivity contribution in [1.29, 1.82) is 0 Å². The van der Waals surface area contributed by atoms with Crippen LogP contribution in [0.3, 0.4) is 0 Å². The first-order valence-corrected chi connectivity index (χ1v) is 15.7. The van der Waals surface area contributed by atoms with E-state index in [1.807, 2.05) is 0 Å². The van der Waals surface area contributed by atoms with Gasteiger partial charge in [0, 0.05) is 33.8 Å². The highest BCUT2D eigenvalue weighted by atomic mass is 15.1. The van der Waals surface area contributed by atoms with Gasteiger partial charge in [-0.1, -0.05) is 103 Å². The lowest BCUT2D eigenvalue weighted by atomic mass is 10.0. The first-order valence-electron chi connectivity index (χ1n) is 15.7. The highest BCUT2D eigenvalue weighted by molar-refractivity contribution is 5.91. The standard InChI is InChI=1S/C42H34N2/c1-3-11-31(12-4-1)32-19-25-36(26-20-32)43(35-13-5-2-6-14-35)37-27-21-33(22-28-37)34-23-29-38(30-24-34)44-41-17-9-7-15-39(41)40-16-8-10-18-42(40)44/h1,3-5,7,9-15,17-30H,2,6,8,16H2. The molecule has 0 aliphatic heterocycles. The molecule has 8 rings (SSSR count). The molecule has 212 valence electrons. The second-order valence-electron chi connectivity index (χ2n) is 11.6. The molecule has 1 heterocycles. The highest BCUT2D eigenvalue weighted by Gasteiger charge is 2.18. The van der Waals surface area contributed by atoms with Crippen molar-refractivity contribution in [1.82, 2.24) is 4.57 Å². The number of fused-ring (bicyclic) bond motifs is 3. The van der Waals surface area contributed by atoms with Crippen molar-refractivity contribution in [3.05, 3.63) is 169 Å². The number of hydrogen-bond donors (Lipinski definition) is 0. The molecule has 2 nitrogen and oxygen atoms in total. The number of hydrogen-bond acceptors (Lipinski definition) is 1. The Hall–Kier alpha value is -5.34. The van der Waals surface area contributed by atoms with E-state index in [9.17, 15) is 0 Å². The van der Waals surface area contributed by atoms with Crippen molar-refractivity contribution in [3.63, 3.8) is 0 Å². The Morgan fingerprint density at radius 1 is 0.500 bits per heavy atom. The van der Waals surface area contributed by atoms with Crippen LogP contribution < -0.4 is 4.90 Å². The van der Waals surface area contributed by atoms with Gasteiger partial charge in [0.1, 0.15) is 0 Å². The summed E-state index contributed by atoms with van der Waals surface area (Å²) in [6.45, 7) is 0. The summed E-state index contributed by atoms with van der Waals surface area (Å²) in [5, 5.41) is 1.37. The zero-order valence-electron chi connectivity index (χ0n) is 24.7. The fourth-order valence-electron chi connectivity index (χ4n) is 6.72. The molecule has 5 aromatic carbocycles. The van der Waals surface area contributed by atoms with Crippen LogP contribution in [0.25, 0.3) is 44.9 Å². The lowest BCUT2D eigenvalue weighted by molar-refractivity contribution is 0.967. The Bertz CT molecular complexity index is 2020. The molecule has 0 radical (unpaired) electrons. The number of aromatic nitrogens is 1. The fourth-order valence-corrected chi connectivity index (χ4v) is 6.72. The molecule has 1 aromatic heterocycles. The molecule has 0 spiro atoms. The van der Waals surface area contributed by atoms with Crippen molar-refractivity contribution >= 4 is 28.4 Å². The van der Waals surface area contributed by atoms with E-state index in [1.165, 1.54) is 55.8 Å². The number of benzene rings is 5. The predicted molar refractivity (Wildman–Crippen MR) is 187 cm³/mol. The Kier molecular flexibility index (Phi) is 6.81. The summed E-state index contributed by atoms with van der Waals surface area (Å²) < 4.78 is 2.42. The summed E-state index contributed by atoms with van der Waals surface area (Å²) in [5.41, 5.74) is 13.7. The summed E-state index contributed by atoms with van der Waals surface area (Å²) >= 11 is 0.